The first kappa shape index (κ1) is 15.8. The van der Waals surface area contributed by atoms with Gasteiger partial charge in [-0.1, -0.05) is 39.3 Å². The third-order valence-electron chi connectivity index (χ3n) is 2.56. The van der Waals surface area contributed by atoms with Crippen LogP contribution in [0.1, 0.15) is 59.5 Å². The lowest BCUT2D eigenvalue weighted by molar-refractivity contribution is 0.916. The van der Waals surface area contributed by atoms with Crippen molar-refractivity contribution in [3.8, 4) is 0 Å². The molecule has 0 unspecified atom stereocenters. The monoisotopic (exact) mass is 234 g/mol. The number of hydrogen-bond acceptors (Lipinski definition) is 2. The van der Waals surface area contributed by atoms with Gasteiger partial charge in [0.1, 0.15) is 5.82 Å². The standard InChI is InChI=1S/C11H14N2.2C2H6/c1-4-9-11-7(2)5-6-10(11)13-8(3)12-9;2*1-2/h4H,5-6H2,1-3H3;2*1-2H3/b9-4+;;. The molecule has 0 bridgehead atoms. The van der Waals surface area contributed by atoms with E-state index in [1.807, 2.05) is 41.5 Å². The van der Waals surface area contributed by atoms with E-state index in [2.05, 4.69) is 23.0 Å². The van der Waals surface area contributed by atoms with Crippen molar-refractivity contribution in [2.24, 2.45) is 0 Å². The van der Waals surface area contributed by atoms with E-state index in [-0.39, 0.29) is 0 Å². The minimum atomic E-state index is 0.890. The summed E-state index contributed by atoms with van der Waals surface area (Å²) in [6.07, 6.45) is 4.31. The SMILES string of the molecule is C/C=c1/nc(C)nc2c1=C(C)CC2.CC.CC. The van der Waals surface area contributed by atoms with Gasteiger partial charge in [-0.05, 0) is 33.6 Å². The lowest BCUT2D eigenvalue weighted by Gasteiger charge is -1.96. The molecule has 0 fully saturated rings. The molecule has 17 heavy (non-hydrogen) atoms. The Bertz CT molecular complexity index is 459. The van der Waals surface area contributed by atoms with Crippen LogP contribution in [0.5, 0.6) is 0 Å². The highest BCUT2D eigenvalue weighted by atomic mass is 14.9. The van der Waals surface area contributed by atoms with Gasteiger partial charge in [-0.15, -0.1) is 0 Å². The summed E-state index contributed by atoms with van der Waals surface area (Å²) in [7, 11) is 0. The van der Waals surface area contributed by atoms with Crippen molar-refractivity contribution in [3.63, 3.8) is 0 Å². The second kappa shape index (κ2) is 7.99. The Labute approximate surface area is 106 Å². The number of nitrogens with zero attached hydrogens (tertiary/aromatic N) is 2. The molecule has 0 atom stereocenters. The normalized spacial score (nSPS) is 13.4. The Morgan fingerprint density at radius 3 is 2.06 bits per heavy atom. The third-order valence-corrected chi connectivity index (χ3v) is 2.56. The second-order valence-electron chi connectivity index (χ2n) is 3.55. The van der Waals surface area contributed by atoms with Gasteiger partial charge in [0.2, 0.25) is 0 Å². The van der Waals surface area contributed by atoms with Crippen LogP contribution in [-0.2, 0) is 6.42 Å². The van der Waals surface area contributed by atoms with Crippen LogP contribution >= 0.6 is 0 Å². The fourth-order valence-corrected chi connectivity index (χ4v) is 1.94. The molecule has 0 aromatic carbocycles. The van der Waals surface area contributed by atoms with E-state index < -0.39 is 0 Å². The molecule has 0 aliphatic heterocycles. The number of hydrogen-bond donors (Lipinski definition) is 0. The van der Waals surface area contributed by atoms with Crippen LogP contribution in [0.3, 0.4) is 0 Å². The summed E-state index contributed by atoms with van der Waals surface area (Å²) >= 11 is 0. The molecule has 2 heteroatoms. The van der Waals surface area contributed by atoms with Crippen molar-refractivity contribution in [1.82, 2.24) is 9.97 Å². The van der Waals surface area contributed by atoms with Gasteiger partial charge in [0.05, 0.1) is 11.0 Å². The Morgan fingerprint density at radius 2 is 1.53 bits per heavy atom. The smallest absolute Gasteiger partial charge is 0.126 e. The summed E-state index contributed by atoms with van der Waals surface area (Å²) in [6.45, 7) is 14.2. The fraction of sp³-hybridized carbons (Fsp3) is 0.600. The van der Waals surface area contributed by atoms with E-state index in [4.69, 9.17) is 0 Å². The van der Waals surface area contributed by atoms with Gasteiger partial charge in [-0.2, -0.15) is 0 Å². The number of rotatable bonds is 0. The van der Waals surface area contributed by atoms with Gasteiger partial charge in [0.15, 0.2) is 0 Å². The fourth-order valence-electron chi connectivity index (χ4n) is 1.94. The topological polar surface area (TPSA) is 25.8 Å². The molecule has 0 amide bonds. The zero-order valence-electron chi connectivity index (χ0n) is 12.4. The summed E-state index contributed by atoms with van der Waals surface area (Å²) < 4.78 is 0. The van der Waals surface area contributed by atoms with E-state index in [1.54, 1.807) is 0 Å². The zero-order chi connectivity index (χ0) is 13.4. The van der Waals surface area contributed by atoms with Crippen molar-refractivity contribution in [1.29, 1.82) is 0 Å². The quantitative estimate of drug-likeness (QED) is 0.690. The minimum absolute atomic E-state index is 0.890. The van der Waals surface area contributed by atoms with Gasteiger partial charge < -0.3 is 0 Å². The molecule has 0 radical (unpaired) electrons. The highest BCUT2D eigenvalue weighted by molar-refractivity contribution is 5.48. The summed E-state index contributed by atoms with van der Waals surface area (Å²) in [5.41, 5.74) is 2.67. The molecule has 96 valence electrons. The predicted octanol–water partition coefficient (Wildman–Crippen LogP) is 2.75. The number of aryl methyl sites for hydroxylation is 2. The lowest BCUT2D eigenvalue weighted by Crippen LogP contribution is -2.32. The molecule has 2 rings (SSSR count). The summed E-state index contributed by atoms with van der Waals surface area (Å²) in [5, 5.41) is 2.41. The Hall–Kier alpha value is -1.18. The van der Waals surface area contributed by atoms with Crippen LogP contribution in [-0.4, -0.2) is 9.97 Å². The van der Waals surface area contributed by atoms with E-state index in [1.165, 1.54) is 16.5 Å². The van der Waals surface area contributed by atoms with Crippen LogP contribution in [0.15, 0.2) is 0 Å². The average molecular weight is 234 g/mol. The van der Waals surface area contributed by atoms with Crippen molar-refractivity contribution < 1.29 is 0 Å². The molecule has 1 aliphatic rings. The summed E-state index contributed by atoms with van der Waals surface area (Å²) in [4.78, 5) is 8.89. The molecule has 1 aromatic rings. The van der Waals surface area contributed by atoms with Crippen LogP contribution in [0.2, 0.25) is 0 Å². The summed E-state index contributed by atoms with van der Waals surface area (Å²) in [6, 6.07) is 0. The van der Waals surface area contributed by atoms with Crippen molar-refractivity contribution >= 4 is 11.6 Å². The maximum atomic E-state index is 4.46. The van der Waals surface area contributed by atoms with Crippen LogP contribution < -0.4 is 10.6 Å². The van der Waals surface area contributed by atoms with Gasteiger partial charge in [0.25, 0.3) is 0 Å². The first-order valence-electron chi connectivity index (χ1n) is 6.72. The first-order chi connectivity index (χ1) is 8.22. The van der Waals surface area contributed by atoms with Crippen molar-refractivity contribution in [2.45, 2.75) is 61.3 Å². The molecule has 0 spiro atoms. The molecule has 2 nitrogen and oxygen atoms in total. The van der Waals surface area contributed by atoms with Gasteiger partial charge in [-0.25, -0.2) is 9.97 Å². The van der Waals surface area contributed by atoms with Crippen LogP contribution in [0, 0.1) is 6.92 Å². The predicted molar refractivity (Wildman–Crippen MR) is 76.3 cm³/mol. The molecular weight excluding hydrogens is 208 g/mol. The van der Waals surface area contributed by atoms with Crippen LogP contribution in [0.4, 0.5) is 0 Å². The molecular formula is C15H26N2. The minimum Gasteiger partial charge on any atom is -0.238 e. The molecule has 1 aliphatic carbocycles. The third kappa shape index (κ3) is 3.65. The Morgan fingerprint density at radius 1 is 0.941 bits per heavy atom. The van der Waals surface area contributed by atoms with Gasteiger partial charge in [-0.3, -0.25) is 0 Å². The lowest BCUT2D eigenvalue weighted by atomic mass is 10.2. The number of aromatic nitrogens is 2. The molecule has 0 N–H and O–H groups in total. The van der Waals surface area contributed by atoms with Crippen molar-refractivity contribution in [3.05, 3.63) is 22.1 Å². The highest BCUT2D eigenvalue weighted by Gasteiger charge is 2.11. The van der Waals surface area contributed by atoms with E-state index in [0.29, 0.717) is 0 Å². The van der Waals surface area contributed by atoms with E-state index in [9.17, 15) is 0 Å². The van der Waals surface area contributed by atoms with E-state index >= 15 is 0 Å². The zero-order valence-corrected chi connectivity index (χ0v) is 12.4. The molecule has 0 saturated heterocycles. The van der Waals surface area contributed by atoms with Gasteiger partial charge >= 0.3 is 0 Å². The summed E-state index contributed by atoms with van der Waals surface area (Å²) in [5.74, 6) is 0.890. The van der Waals surface area contributed by atoms with Gasteiger partial charge in [0, 0.05) is 5.22 Å². The maximum Gasteiger partial charge on any atom is 0.126 e. The number of fused-ring (bicyclic) bond motifs is 1. The maximum absolute atomic E-state index is 4.46. The molecule has 0 saturated carbocycles. The largest absolute Gasteiger partial charge is 0.238 e. The average Bonchev–Trinajstić information content (AvgIpc) is 2.75. The van der Waals surface area contributed by atoms with Crippen molar-refractivity contribution in [2.75, 3.05) is 0 Å². The Balaban J connectivity index is 0.000000581. The van der Waals surface area contributed by atoms with E-state index in [0.717, 1.165) is 24.0 Å². The van der Waals surface area contributed by atoms with Crippen LogP contribution in [0.25, 0.3) is 11.6 Å². The first-order valence-corrected chi connectivity index (χ1v) is 6.72. The molecule has 1 heterocycles. The second-order valence-corrected chi connectivity index (χ2v) is 3.55. The highest BCUT2D eigenvalue weighted by Crippen LogP contribution is 2.09. The molecule has 1 aromatic heterocycles. The Kier molecular flexibility index (Phi) is 7.44.